The smallest absolute Gasteiger partial charge is 0.207 e. The lowest BCUT2D eigenvalue weighted by atomic mass is 10.2. The second kappa shape index (κ2) is 3.93. The summed E-state index contributed by atoms with van der Waals surface area (Å²) in [6.45, 7) is 0. The molecule has 0 aliphatic rings. The Hall–Kier alpha value is 0.190. The monoisotopic (exact) mass is 316 g/mol. The number of halogens is 2. The van der Waals surface area contributed by atoms with E-state index in [4.69, 9.17) is 10.7 Å². The molecular formula is C7H6ClIO2S. The minimum Gasteiger partial charge on any atom is -0.207 e. The van der Waals surface area contributed by atoms with Gasteiger partial charge in [0.15, 0.2) is 0 Å². The fraction of sp³-hybridized carbons (Fsp3) is 0.143. The largest absolute Gasteiger partial charge is 0.261 e. The van der Waals surface area contributed by atoms with Crippen LogP contribution in [0.1, 0.15) is 5.56 Å². The van der Waals surface area contributed by atoms with Gasteiger partial charge < -0.3 is 0 Å². The first-order chi connectivity index (χ1) is 5.54. The van der Waals surface area contributed by atoms with Crippen LogP contribution in [0, 0.1) is 0 Å². The van der Waals surface area contributed by atoms with Gasteiger partial charge in [-0.25, -0.2) is 8.42 Å². The molecule has 0 heterocycles. The summed E-state index contributed by atoms with van der Waals surface area (Å²) in [6, 6.07) is 6.52. The molecular weight excluding hydrogens is 310 g/mol. The minimum absolute atomic E-state index is 0.151. The molecule has 1 rings (SSSR count). The van der Waals surface area contributed by atoms with Crippen molar-refractivity contribution in [2.75, 3.05) is 0 Å². The molecule has 12 heavy (non-hydrogen) atoms. The van der Waals surface area contributed by atoms with E-state index in [-0.39, 0.29) is 4.90 Å². The van der Waals surface area contributed by atoms with E-state index in [1.54, 1.807) is 12.1 Å². The Labute approximate surface area is 89.5 Å². The normalized spacial score (nSPS) is 11.5. The van der Waals surface area contributed by atoms with E-state index in [0.29, 0.717) is 0 Å². The van der Waals surface area contributed by atoms with E-state index in [2.05, 4.69) is 22.6 Å². The van der Waals surface area contributed by atoms with Gasteiger partial charge in [0.05, 0.1) is 4.90 Å². The number of alkyl halides is 1. The van der Waals surface area contributed by atoms with Crippen LogP contribution in [-0.2, 0) is 13.5 Å². The maximum atomic E-state index is 10.8. The van der Waals surface area contributed by atoms with Crippen LogP contribution < -0.4 is 0 Å². The zero-order valence-corrected chi connectivity index (χ0v) is 9.73. The summed E-state index contributed by atoms with van der Waals surface area (Å²) < 4.78 is 22.5. The highest BCUT2D eigenvalue weighted by molar-refractivity contribution is 14.1. The highest BCUT2D eigenvalue weighted by Gasteiger charge is 2.08. The third-order valence-corrected chi connectivity index (χ3v) is 3.61. The van der Waals surface area contributed by atoms with Crippen molar-refractivity contribution in [1.29, 1.82) is 0 Å². The minimum atomic E-state index is -3.56. The Balaban J connectivity index is 3.09. The topological polar surface area (TPSA) is 34.1 Å². The van der Waals surface area contributed by atoms with Gasteiger partial charge in [-0.1, -0.05) is 34.7 Å². The second-order valence-electron chi connectivity index (χ2n) is 2.22. The van der Waals surface area contributed by atoms with Crippen LogP contribution in [0.3, 0.4) is 0 Å². The van der Waals surface area contributed by atoms with E-state index in [9.17, 15) is 8.42 Å². The van der Waals surface area contributed by atoms with E-state index in [0.717, 1.165) is 9.99 Å². The van der Waals surface area contributed by atoms with Crippen molar-refractivity contribution in [2.45, 2.75) is 9.32 Å². The Morgan fingerprint density at radius 3 is 2.08 bits per heavy atom. The quantitative estimate of drug-likeness (QED) is 0.477. The molecule has 0 amide bonds. The molecule has 0 saturated carbocycles. The summed E-state index contributed by atoms with van der Waals surface area (Å²) in [7, 11) is 1.57. The Kier molecular flexibility index (Phi) is 3.37. The molecule has 0 atom stereocenters. The van der Waals surface area contributed by atoms with Crippen LogP contribution in [0.25, 0.3) is 0 Å². The van der Waals surface area contributed by atoms with Crippen molar-refractivity contribution in [2.24, 2.45) is 0 Å². The van der Waals surface area contributed by atoms with Gasteiger partial charge in [0.1, 0.15) is 0 Å². The zero-order chi connectivity index (χ0) is 9.19. The molecule has 0 aliphatic carbocycles. The molecule has 0 saturated heterocycles. The molecule has 2 nitrogen and oxygen atoms in total. The van der Waals surface area contributed by atoms with Crippen molar-refractivity contribution in [3.8, 4) is 0 Å². The van der Waals surface area contributed by atoms with Gasteiger partial charge in [-0.15, -0.1) is 0 Å². The molecule has 1 aromatic carbocycles. The summed E-state index contributed by atoms with van der Waals surface area (Å²) in [4.78, 5) is 0.151. The molecule has 66 valence electrons. The standard InChI is InChI=1S/C7H6ClIO2S/c8-12(10,11)7-3-1-6(5-9)2-4-7/h1-4H,5H2. The first kappa shape index (κ1) is 10.3. The van der Waals surface area contributed by atoms with Gasteiger partial charge in [-0.2, -0.15) is 0 Å². The van der Waals surface area contributed by atoms with E-state index in [1.165, 1.54) is 12.1 Å². The number of rotatable bonds is 2. The third kappa shape index (κ3) is 2.60. The summed E-state index contributed by atoms with van der Waals surface area (Å²) in [5.74, 6) is 0. The number of hydrogen-bond acceptors (Lipinski definition) is 2. The van der Waals surface area contributed by atoms with Gasteiger partial charge in [-0.3, -0.25) is 0 Å². The lowest BCUT2D eigenvalue weighted by Crippen LogP contribution is -1.89. The fourth-order valence-electron chi connectivity index (χ4n) is 0.741. The van der Waals surface area contributed by atoms with Crippen LogP contribution in [0.4, 0.5) is 0 Å². The summed E-state index contributed by atoms with van der Waals surface area (Å²) in [5, 5.41) is 0. The molecule has 0 aliphatic heterocycles. The first-order valence-corrected chi connectivity index (χ1v) is 6.97. The molecule has 1 aromatic rings. The Morgan fingerprint density at radius 2 is 1.75 bits per heavy atom. The number of benzene rings is 1. The van der Waals surface area contributed by atoms with E-state index < -0.39 is 9.05 Å². The fourth-order valence-corrected chi connectivity index (χ4v) is 2.02. The predicted octanol–water partition coefficient (Wildman–Crippen LogP) is 2.55. The van der Waals surface area contributed by atoms with Crippen molar-refractivity contribution in [3.05, 3.63) is 29.8 Å². The summed E-state index contributed by atoms with van der Waals surface area (Å²) in [6.07, 6.45) is 0. The Morgan fingerprint density at radius 1 is 1.25 bits per heavy atom. The van der Waals surface area contributed by atoms with Crippen molar-refractivity contribution in [1.82, 2.24) is 0 Å². The molecule has 5 heteroatoms. The van der Waals surface area contributed by atoms with Gasteiger partial charge in [0.2, 0.25) is 0 Å². The lowest BCUT2D eigenvalue weighted by molar-refractivity contribution is 0.609. The average Bonchev–Trinajstić information content (AvgIpc) is 2.03. The molecule has 0 bridgehead atoms. The highest BCUT2D eigenvalue weighted by Crippen LogP contribution is 2.16. The zero-order valence-electron chi connectivity index (χ0n) is 6.00. The molecule has 0 aromatic heterocycles. The van der Waals surface area contributed by atoms with Crippen LogP contribution in [0.15, 0.2) is 29.2 Å². The molecule has 0 N–H and O–H groups in total. The van der Waals surface area contributed by atoms with Crippen LogP contribution in [0.2, 0.25) is 0 Å². The summed E-state index contributed by atoms with van der Waals surface area (Å²) in [5.41, 5.74) is 1.08. The predicted molar refractivity (Wildman–Crippen MR) is 57.2 cm³/mol. The SMILES string of the molecule is O=S(=O)(Cl)c1ccc(CI)cc1. The van der Waals surface area contributed by atoms with Gasteiger partial charge in [0, 0.05) is 15.1 Å². The van der Waals surface area contributed by atoms with Gasteiger partial charge >= 0.3 is 0 Å². The Bertz CT molecular complexity index is 357. The molecule has 0 unspecified atom stereocenters. The third-order valence-electron chi connectivity index (χ3n) is 1.36. The van der Waals surface area contributed by atoms with E-state index >= 15 is 0 Å². The van der Waals surface area contributed by atoms with Crippen LogP contribution >= 0.6 is 33.3 Å². The highest BCUT2D eigenvalue weighted by atomic mass is 127. The number of hydrogen-bond donors (Lipinski definition) is 0. The average molecular weight is 317 g/mol. The lowest BCUT2D eigenvalue weighted by Gasteiger charge is -1.96. The second-order valence-corrected chi connectivity index (χ2v) is 5.54. The van der Waals surface area contributed by atoms with Crippen molar-refractivity contribution < 1.29 is 8.42 Å². The van der Waals surface area contributed by atoms with Crippen molar-refractivity contribution in [3.63, 3.8) is 0 Å². The molecule has 0 spiro atoms. The summed E-state index contributed by atoms with van der Waals surface area (Å²) >= 11 is 2.20. The van der Waals surface area contributed by atoms with Gasteiger partial charge in [-0.05, 0) is 17.7 Å². The van der Waals surface area contributed by atoms with Crippen LogP contribution in [0.5, 0.6) is 0 Å². The van der Waals surface area contributed by atoms with Gasteiger partial charge in [0.25, 0.3) is 9.05 Å². The van der Waals surface area contributed by atoms with Crippen molar-refractivity contribution >= 4 is 42.3 Å². The van der Waals surface area contributed by atoms with E-state index in [1.807, 2.05) is 0 Å². The maximum absolute atomic E-state index is 10.8. The molecule has 0 radical (unpaired) electrons. The molecule has 0 fully saturated rings. The van der Waals surface area contributed by atoms with Crippen LogP contribution in [-0.4, -0.2) is 8.42 Å². The maximum Gasteiger partial charge on any atom is 0.261 e. The first-order valence-electron chi connectivity index (χ1n) is 3.13.